The molecule has 5 heteroatoms. The Labute approximate surface area is 109 Å². The number of nitrogens with one attached hydrogen (secondary N) is 1. The number of carbonyl (C=O) groups is 1. The summed E-state index contributed by atoms with van der Waals surface area (Å²) in [7, 11) is 0. The number of anilines is 2. The van der Waals surface area contributed by atoms with E-state index in [9.17, 15) is 4.79 Å². The molecule has 2 N–H and O–H groups in total. The van der Waals surface area contributed by atoms with Crippen LogP contribution in [0.3, 0.4) is 0 Å². The van der Waals surface area contributed by atoms with Crippen molar-refractivity contribution in [1.29, 1.82) is 0 Å². The zero-order chi connectivity index (χ0) is 13.0. The third kappa shape index (κ3) is 3.01. The summed E-state index contributed by atoms with van der Waals surface area (Å²) in [6, 6.07) is 11.1. The Balaban J connectivity index is 2.10. The third-order valence-electron chi connectivity index (χ3n) is 2.37. The lowest BCUT2D eigenvalue weighted by atomic mass is 10.3. The topological polar surface area (TPSA) is 62.2 Å². The number of benzene rings is 1. The van der Waals surface area contributed by atoms with Gasteiger partial charge in [-0.25, -0.2) is 9.78 Å². The molecule has 1 aromatic carbocycles. The molecule has 2 rings (SSSR count). The first-order chi connectivity index (χ1) is 8.69. The van der Waals surface area contributed by atoms with Gasteiger partial charge in [0.05, 0.1) is 5.56 Å². The predicted octanol–water partition coefficient (Wildman–Crippen LogP) is 3.25. The molecule has 0 saturated heterocycles. The smallest absolute Gasteiger partial charge is 0.337 e. The molecule has 0 bridgehead atoms. The zero-order valence-electron chi connectivity index (χ0n) is 9.75. The van der Waals surface area contributed by atoms with Crippen LogP contribution in [0.2, 0.25) is 0 Å². The molecule has 1 aromatic heterocycles. The van der Waals surface area contributed by atoms with Gasteiger partial charge in [0.2, 0.25) is 0 Å². The molecule has 18 heavy (non-hydrogen) atoms. The highest BCUT2D eigenvalue weighted by Gasteiger charge is 2.02. The number of aromatic carboxylic acids is 1. The fourth-order valence-corrected chi connectivity index (χ4v) is 1.82. The summed E-state index contributed by atoms with van der Waals surface area (Å²) in [6.45, 7) is 0. The molecule has 92 valence electrons. The minimum absolute atomic E-state index is 0.179. The summed E-state index contributed by atoms with van der Waals surface area (Å²) in [5, 5.41) is 11.9. The minimum Gasteiger partial charge on any atom is -0.478 e. The van der Waals surface area contributed by atoms with Crippen LogP contribution in [0.15, 0.2) is 47.5 Å². The molecule has 1 heterocycles. The Bertz CT molecular complexity index is 538. The van der Waals surface area contributed by atoms with E-state index in [1.54, 1.807) is 17.8 Å². The molecule has 4 nitrogen and oxygen atoms in total. The van der Waals surface area contributed by atoms with Gasteiger partial charge in [-0.2, -0.15) is 0 Å². The Morgan fingerprint density at radius 2 is 1.94 bits per heavy atom. The summed E-state index contributed by atoms with van der Waals surface area (Å²) in [5.74, 6) is -0.352. The minimum atomic E-state index is -0.974. The number of nitrogens with zero attached hydrogens (tertiary/aromatic N) is 1. The van der Waals surface area contributed by atoms with Gasteiger partial charge in [0.25, 0.3) is 0 Å². The SMILES string of the molecule is CSc1ccc(Nc2ccc(C(=O)O)cn2)cc1. The highest BCUT2D eigenvalue weighted by molar-refractivity contribution is 7.98. The van der Waals surface area contributed by atoms with E-state index in [2.05, 4.69) is 10.3 Å². The molecule has 0 unspecified atom stereocenters. The first-order valence-corrected chi connectivity index (χ1v) is 6.52. The number of hydrogen-bond donors (Lipinski definition) is 2. The van der Waals surface area contributed by atoms with Crippen molar-refractivity contribution in [1.82, 2.24) is 4.98 Å². The highest BCUT2D eigenvalue weighted by atomic mass is 32.2. The maximum atomic E-state index is 10.7. The Hall–Kier alpha value is -2.01. The molecule has 2 aromatic rings. The van der Waals surface area contributed by atoms with Crippen molar-refractivity contribution in [2.24, 2.45) is 0 Å². The van der Waals surface area contributed by atoms with Crippen LogP contribution in [0.5, 0.6) is 0 Å². The van der Waals surface area contributed by atoms with Crippen LogP contribution in [-0.2, 0) is 0 Å². The Kier molecular flexibility index (Phi) is 3.84. The average molecular weight is 260 g/mol. The third-order valence-corrected chi connectivity index (χ3v) is 3.12. The Morgan fingerprint density at radius 1 is 1.22 bits per heavy atom. The number of carboxylic acid groups (broad SMARTS) is 1. The van der Waals surface area contributed by atoms with Gasteiger partial charge in [-0.05, 0) is 42.7 Å². The maximum Gasteiger partial charge on any atom is 0.337 e. The van der Waals surface area contributed by atoms with Crippen LogP contribution in [0.4, 0.5) is 11.5 Å². The molecule has 0 fully saturated rings. The van der Waals surface area contributed by atoms with E-state index in [0.717, 1.165) is 5.69 Å². The highest BCUT2D eigenvalue weighted by Crippen LogP contribution is 2.20. The quantitative estimate of drug-likeness (QED) is 0.826. The zero-order valence-corrected chi connectivity index (χ0v) is 10.6. The van der Waals surface area contributed by atoms with Crippen LogP contribution in [0, 0.1) is 0 Å². The van der Waals surface area contributed by atoms with Crippen molar-refractivity contribution in [2.45, 2.75) is 4.90 Å². The lowest BCUT2D eigenvalue weighted by Gasteiger charge is -2.06. The van der Waals surface area contributed by atoms with Gasteiger partial charge in [-0.15, -0.1) is 11.8 Å². The second kappa shape index (κ2) is 5.55. The number of rotatable bonds is 4. The first-order valence-electron chi connectivity index (χ1n) is 5.29. The summed E-state index contributed by atoms with van der Waals surface area (Å²) in [4.78, 5) is 15.9. The van der Waals surface area contributed by atoms with E-state index in [-0.39, 0.29) is 5.56 Å². The molecule has 0 spiro atoms. The first kappa shape index (κ1) is 12.4. The molecule has 0 radical (unpaired) electrons. The number of thioether (sulfide) groups is 1. The monoisotopic (exact) mass is 260 g/mol. The van der Waals surface area contributed by atoms with Gasteiger partial charge in [0, 0.05) is 16.8 Å². The van der Waals surface area contributed by atoms with Crippen molar-refractivity contribution in [3.05, 3.63) is 48.2 Å². The predicted molar refractivity (Wildman–Crippen MR) is 72.7 cm³/mol. The van der Waals surface area contributed by atoms with Crippen LogP contribution < -0.4 is 5.32 Å². The van der Waals surface area contributed by atoms with E-state index in [4.69, 9.17) is 5.11 Å². The molecule has 0 aliphatic rings. The second-order valence-corrected chi connectivity index (χ2v) is 4.47. The lowest BCUT2D eigenvalue weighted by Crippen LogP contribution is -1.99. The number of pyridine rings is 1. The number of aromatic nitrogens is 1. The van der Waals surface area contributed by atoms with E-state index in [0.29, 0.717) is 5.82 Å². The molecular weight excluding hydrogens is 248 g/mol. The van der Waals surface area contributed by atoms with E-state index >= 15 is 0 Å². The fourth-order valence-electron chi connectivity index (χ4n) is 1.42. The molecule has 0 amide bonds. The molecular formula is C13H12N2O2S. The van der Waals surface area contributed by atoms with Gasteiger partial charge in [0.15, 0.2) is 0 Å². The molecule has 0 aliphatic carbocycles. The largest absolute Gasteiger partial charge is 0.478 e. The van der Waals surface area contributed by atoms with Crippen molar-refractivity contribution in [3.63, 3.8) is 0 Å². The van der Waals surface area contributed by atoms with Crippen molar-refractivity contribution >= 4 is 29.2 Å². The van der Waals surface area contributed by atoms with E-state index < -0.39 is 5.97 Å². The fraction of sp³-hybridized carbons (Fsp3) is 0.0769. The Morgan fingerprint density at radius 3 is 2.44 bits per heavy atom. The van der Waals surface area contributed by atoms with Gasteiger partial charge < -0.3 is 10.4 Å². The summed E-state index contributed by atoms with van der Waals surface area (Å²) in [5.41, 5.74) is 1.10. The molecule has 0 saturated carbocycles. The summed E-state index contributed by atoms with van der Waals surface area (Å²) >= 11 is 1.68. The number of hydrogen-bond acceptors (Lipinski definition) is 4. The number of carboxylic acids is 1. The van der Waals surface area contributed by atoms with Crippen LogP contribution in [0.1, 0.15) is 10.4 Å². The summed E-state index contributed by atoms with van der Waals surface area (Å²) in [6.07, 6.45) is 3.36. The van der Waals surface area contributed by atoms with E-state index in [1.165, 1.54) is 17.2 Å². The molecule has 0 atom stereocenters. The summed E-state index contributed by atoms with van der Waals surface area (Å²) < 4.78 is 0. The van der Waals surface area contributed by atoms with Crippen molar-refractivity contribution in [3.8, 4) is 0 Å². The van der Waals surface area contributed by atoms with Gasteiger partial charge in [-0.1, -0.05) is 0 Å². The second-order valence-electron chi connectivity index (χ2n) is 3.59. The lowest BCUT2D eigenvalue weighted by molar-refractivity contribution is 0.0696. The normalized spacial score (nSPS) is 10.1. The average Bonchev–Trinajstić information content (AvgIpc) is 2.40. The van der Waals surface area contributed by atoms with Gasteiger partial charge in [0.1, 0.15) is 5.82 Å². The molecule has 0 aliphatic heterocycles. The van der Waals surface area contributed by atoms with Gasteiger partial charge >= 0.3 is 5.97 Å². The van der Waals surface area contributed by atoms with Crippen LogP contribution in [-0.4, -0.2) is 22.3 Å². The van der Waals surface area contributed by atoms with Gasteiger partial charge in [-0.3, -0.25) is 0 Å². The van der Waals surface area contributed by atoms with Crippen molar-refractivity contribution in [2.75, 3.05) is 11.6 Å². The van der Waals surface area contributed by atoms with Crippen molar-refractivity contribution < 1.29 is 9.90 Å². The van der Waals surface area contributed by atoms with E-state index in [1.807, 2.05) is 30.5 Å². The standard InChI is InChI=1S/C13H12N2O2S/c1-18-11-5-3-10(4-6-11)15-12-7-2-9(8-14-12)13(16)17/h2-8H,1H3,(H,14,15)(H,16,17). The van der Waals surface area contributed by atoms with Crippen LogP contribution >= 0.6 is 11.8 Å². The van der Waals surface area contributed by atoms with Crippen LogP contribution in [0.25, 0.3) is 0 Å². The maximum absolute atomic E-state index is 10.7.